The summed E-state index contributed by atoms with van der Waals surface area (Å²) < 4.78 is 5.04. The molecule has 10 heteroatoms. The molecule has 48 heavy (non-hydrogen) atoms. The van der Waals surface area contributed by atoms with Crippen LogP contribution in [0, 0.1) is 46.3 Å². The molecule has 5 N–H and O–H groups in total. The van der Waals surface area contributed by atoms with Gasteiger partial charge in [-0.2, -0.15) is 0 Å². The lowest BCUT2D eigenvalue weighted by atomic mass is 9.43. The molecule has 0 aliphatic heterocycles. The molecule has 266 valence electrons. The van der Waals surface area contributed by atoms with E-state index < -0.39 is 23.9 Å². The Morgan fingerprint density at radius 1 is 0.917 bits per heavy atom. The second-order valence-corrected chi connectivity index (χ2v) is 15.8. The predicted molar refractivity (Wildman–Crippen MR) is 181 cm³/mol. The number of carbonyl (C=O) groups excluding carboxylic acids is 3. The zero-order valence-corrected chi connectivity index (χ0v) is 29.1. The van der Waals surface area contributed by atoms with Gasteiger partial charge in [0.05, 0.1) is 30.1 Å². The molecule has 11 atom stereocenters. The number of aliphatic carboxylic acids is 1. The second kappa shape index (κ2) is 14.9. The maximum Gasteiger partial charge on any atom is 0.340 e. The molecule has 0 bridgehead atoms. The highest BCUT2D eigenvalue weighted by Gasteiger charge is 2.62. The molecule has 4 saturated carbocycles. The van der Waals surface area contributed by atoms with Gasteiger partial charge in [0.2, 0.25) is 11.8 Å². The normalized spacial score (nSPS) is 35.2. The van der Waals surface area contributed by atoms with Gasteiger partial charge in [0.15, 0.2) is 0 Å². The maximum atomic E-state index is 13.0. The Morgan fingerprint density at radius 3 is 2.33 bits per heavy atom. The number of hydrogen-bond donors (Lipinski definition) is 5. The van der Waals surface area contributed by atoms with Gasteiger partial charge in [-0.1, -0.05) is 32.9 Å². The van der Waals surface area contributed by atoms with E-state index in [2.05, 4.69) is 31.4 Å². The molecule has 0 unspecified atom stereocenters. The summed E-state index contributed by atoms with van der Waals surface area (Å²) in [5, 5.41) is 37.0. The number of carboxylic acid groups (broad SMARTS) is 1. The van der Waals surface area contributed by atoms with Crippen molar-refractivity contribution in [2.75, 3.05) is 11.9 Å². The fourth-order valence-electron chi connectivity index (χ4n) is 10.7. The zero-order chi connectivity index (χ0) is 34.8. The van der Waals surface area contributed by atoms with E-state index in [1.165, 1.54) is 0 Å². The topological polar surface area (TPSA) is 162 Å². The van der Waals surface area contributed by atoms with Crippen LogP contribution >= 0.6 is 0 Å². The molecule has 2 amide bonds. The maximum absolute atomic E-state index is 13.0. The van der Waals surface area contributed by atoms with Crippen LogP contribution < -0.4 is 10.6 Å². The average Bonchev–Trinajstić information content (AvgIpc) is 3.40. The monoisotopic (exact) mass is 668 g/mol. The van der Waals surface area contributed by atoms with E-state index in [4.69, 9.17) is 4.74 Å². The molecular formula is C38H56N2O8. The van der Waals surface area contributed by atoms with E-state index >= 15 is 0 Å². The number of carboxylic acids is 1. The van der Waals surface area contributed by atoms with Crippen LogP contribution in [0.25, 0.3) is 0 Å². The third-order valence-electron chi connectivity index (χ3n) is 13.2. The lowest BCUT2D eigenvalue weighted by Crippen LogP contribution is -2.58. The Bertz CT molecular complexity index is 1350. The van der Waals surface area contributed by atoms with E-state index in [1.807, 2.05) is 0 Å². The van der Waals surface area contributed by atoms with Crippen molar-refractivity contribution in [2.24, 2.45) is 46.3 Å². The summed E-state index contributed by atoms with van der Waals surface area (Å²) in [5.41, 5.74) is 0.773. The molecule has 4 aliphatic carbocycles. The number of rotatable bonds is 12. The Labute approximate surface area is 284 Å². The average molecular weight is 669 g/mol. The fourth-order valence-corrected chi connectivity index (χ4v) is 10.7. The Hall–Kier alpha value is -2.98. The number of ether oxygens (including phenoxy) is 1. The number of aliphatic hydroxyl groups excluding tert-OH is 2. The van der Waals surface area contributed by atoms with Gasteiger partial charge < -0.3 is 30.7 Å². The van der Waals surface area contributed by atoms with Crippen molar-refractivity contribution in [3.63, 3.8) is 0 Å². The highest BCUT2D eigenvalue weighted by Crippen LogP contribution is 2.68. The van der Waals surface area contributed by atoms with Crippen LogP contribution in [0.3, 0.4) is 0 Å². The Morgan fingerprint density at radius 2 is 1.60 bits per heavy atom. The third kappa shape index (κ3) is 7.30. The molecule has 4 aliphatic rings. The largest absolute Gasteiger partial charge is 0.480 e. The summed E-state index contributed by atoms with van der Waals surface area (Å²) in [6.07, 6.45) is 7.91. The van der Waals surface area contributed by atoms with Crippen molar-refractivity contribution in [3.05, 3.63) is 29.8 Å². The van der Waals surface area contributed by atoms with Gasteiger partial charge in [0.1, 0.15) is 6.04 Å². The van der Waals surface area contributed by atoms with Gasteiger partial charge >= 0.3 is 11.9 Å². The van der Waals surface area contributed by atoms with Crippen LogP contribution in [0.1, 0.15) is 115 Å². The van der Waals surface area contributed by atoms with Gasteiger partial charge in [-0.15, -0.1) is 0 Å². The van der Waals surface area contributed by atoms with E-state index in [1.54, 1.807) is 31.2 Å². The van der Waals surface area contributed by atoms with E-state index in [0.29, 0.717) is 30.1 Å². The molecule has 5 rings (SSSR count). The third-order valence-corrected chi connectivity index (χ3v) is 13.2. The second-order valence-electron chi connectivity index (χ2n) is 15.8. The van der Waals surface area contributed by atoms with E-state index in [9.17, 15) is 34.5 Å². The molecule has 10 nitrogen and oxygen atoms in total. The minimum absolute atomic E-state index is 0.0873. The van der Waals surface area contributed by atoms with Crippen LogP contribution in [0.15, 0.2) is 24.3 Å². The Kier molecular flexibility index (Phi) is 11.2. The number of hydrogen-bond acceptors (Lipinski definition) is 7. The number of esters is 1. The first kappa shape index (κ1) is 36.3. The van der Waals surface area contributed by atoms with Crippen LogP contribution in [-0.2, 0) is 19.1 Å². The predicted octanol–water partition coefficient (Wildman–Crippen LogP) is 5.56. The highest BCUT2D eigenvalue weighted by atomic mass is 16.5. The first-order chi connectivity index (χ1) is 22.8. The van der Waals surface area contributed by atoms with Crippen molar-refractivity contribution in [1.82, 2.24) is 5.32 Å². The van der Waals surface area contributed by atoms with Crippen molar-refractivity contribution in [3.8, 4) is 0 Å². The standard InChI is InChI=1S/C38H56N2O8/c1-5-48-36(47)25-8-6-7-9-29(25)39-33(44)15-13-30(35(45)46)40-32(43)14-10-22(2)26-11-12-27-34-28(17-19-38(26,27)4)37(3)18-16-24(41)20-23(37)21-31(34)42/h6-9,22-24,26-28,30-31,34,41-42H,5,10-21H2,1-4H3,(H,39,44)(H,40,43)(H,45,46)/t22-,23+,24-,26-,27+,28+,30+,31-,34+,37+,38-/m1/s1. The van der Waals surface area contributed by atoms with Gasteiger partial charge in [-0.25, -0.2) is 9.59 Å². The van der Waals surface area contributed by atoms with Gasteiger partial charge in [-0.05, 0) is 130 Å². The minimum Gasteiger partial charge on any atom is -0.480 e. The lowest BCUT2D eigenvalue weighted by molar-refractivity contribution is -0.174. The van der Waals surface area contributed by atoms with Crippen molar-refractivity contribution in [2.45, 2.75) is 123 Å². The highest BCUT2D eigenvalue weighted by molar-refractivity contribution is 6.01. The number of fused-ring (bicyclic) bond motifs is 5. The molecule has 1 aromatic rings. The van der Waals surface area contributed by atoms with Crippen LogP contribution in [0.4, 0.5) is 5.69 Å². The summed E-state index contributed by atoms with van der Waals surface area (Å²) in [5.74, 6) is -0.269. The van der Waals surface area contributed by atoms with Gasteiger partial charge in [0, 0.05) is 12.8 Å². The summed E-state index contributed by atoms with van der Waals surface area (Å²) in [4.78, 5) is 49.9. The van der Waals surface area contributed by atoms with Gasteiger partial charge in [-0.3, -0.25) is 9.59 Å². The fraction of sp³-hybridized carbons (Fsp3) is 0.737. The molecule has 4 fully saturated rings. The van der Waals surface area contributed by atoms with Crippen molar-refractivity contribution >= 4 is 29.4 Å². The number of benzene rings is 1. The quantitative estimate of drug-likeness (QED) is 0.181. The molecule has 0 aromatic heterocycles. The number of aliphatic hydroxyl groups is 2. The number of amides is 2. The molecule has 0 heterocycles. The van der Waals surface area contributed by atoms with E-state index in [0.717, 1.165) is 51.4 Å². The minimum atomic E-state index is -1.21. The number of para-hydroxylation sites is 1. The van der Waals surface area contributed by atoms with Gasteiger partial charge in [0.25, 0.3) is 0 Å². The first-order valence-corrected chi connectivity index (χ1v) is 18.2. The lowest BCUT2D eigenvalue weighted by Gasteiger charge is -2.62. The summed E-state index contributed by atoms with van der Waals surface area (Å²) in [7, 11) is 0. The van der Waals surface area contributed by atoms with Crippen molar-refractivity contribution in [1.29, 1.82) is 0 Å². The number of nitrogens with one attached hydrogen (secondary N) is 2. The molecule has 0 radical (unpaired) electrons. The number of anilines is 1. The smallest absolute Gasteiger partial charge is 0.340 e. The summed E-state index contributed by atoms with van der Waals surface area (Å²) in [6, 6.07) is 5.25. The molecule has 1 aromatic carbocycles. The Balaban J connectivity index is 1.13. The number of carbonyl (C=O) groups is 4. The molecule has 0 saturated heterocycles. The summed E-state index contributed by atoms with van der Waals surface area (Å²) >= 11 is 0. The SMILES string of the molecule is CCOC(=O)c1ccccc1NC(=O)CC[C@H](NC(=O)CC[C@@H](C)[C@H]1CC[C@H]2[C@@H]3[C@H](O)C[C@@H]4C[C@H](O)CC[C@]4(C)[C@H]3CC[C@]12C)C(=O)O. The van der Waals surface area contributed by atoms with Crippen LogP contribution in [0.2, 0.25) is 0 Å². The molecule has 0 spiro atoms. The van der Waals surface area contributed by atoms with Crippen LogP contribution in [0.5, 0.6) is 0 Å². The zero-order valence-electron chi connectivity index (χ0n) is 29.1. The first-order valence-electron chi connectivity index (χ1n) is 18.2. The summed E-state index contributed by atoms with van der Waals surface area (Å²) in [6.45, 7) is 8.92. The van der Waals surface area contributed by atoms with Crippen LogP contribution in [-0.4, -0.2) is 63.9 Å². The molecular weight excluding hydrogens is 612 g/mol. The van der Waals surface area contributed by atoms with E-state index in [-0.39, 0.29) is 77.9 Å². The van der Waals surface area contributed by atoms with Crippen molar-refractivity contribution < 1.29 is 39.2 Å².